The third-order valence-electron chi connectivity index (χ3n) is 3.12. The molecular weight excluding hydrogens is 266 g/mol. The van der Waals surface area contributed by atoms with Gasteiger partial charge in [0.1, 0.15) is 6.10 Å². The highest BCUT2D eigenvalue weighted by Crippen LogP contribution is 2.35. The summed E-state index contributed by atoms with van der Waals surface area (Å²) in [5, 5.41) is 27.6. The van der Waals surface area contributed by atoms with Crippen LogP contribution < -0.4 is 11.2 Å². The van der Waals surface area contributed by atoms with Gasteiger partial charge in [-0.1, -0.05) is 0 Å². The fraction of sp³-hybridized carbons (Fsp3) is 0.417. The molecule has 3 atom stereocenters. The highest BCUT2D eigenvalue weighted by Gasteiger charge is 2.46. The molecule has 0 aromatic carbocycles. The highest BCUT2D eigenvalue weighted by molar-refractivity contribution is 5.13. The van der Waals surface area contributed by atoms with Crippen LogP contribution >= 0.6 is 0 Å². The van der Waals surface area contributed by atoms with Gasteiger partial charge in [-0.05, 0) is 6.08 Å². The van der Waals surface area contributed by atoms with E-state index in [4.69, 9.17) is 15.1 Å². The van der Waals surface area contributed by atoms with Gasteiger partial charge in [0.05, 0.1) is 18.8 Å². The van der Waals surface area contributed by atoms with Crippen LogP contribution in [0, 0.1) is 11.3 Å². The summed E-state index contributed by atoms with van der Waals surface area (Å²) in [6.45, 7) is -0.429. The molecule has 0 spiro atoms. The van der Waals surface area contributed by atoms with Gasteiger partial charge in [-0.2, -0.15) is 5.26 Å². The maximum Gasteiger partial charge on any atom is 0.330 e. The molecule has 1 aliphatic rings. The van der Waals surface area contributed by atoms with Gasteiger partial charge in [-0.3, -0.25) is 14.3 Å². The Morgan fingerprint density at radius 3 is 2.95 bits per heavy atom. The van der Waals surface area contributed by atoms with E-state index >= 15 is 0 Å². The second-order valence-corrected chi connectivity index (χ2v) is 4.40. The molecule has 1 aliphatic heterocycles. The molecule has 1 saturated heterocycles. The van der Waals surface area contributed by atoms with Crippen LogP contribution in [0.25, 0.3) is 0 Å². The number of hydrogen-bond acceptors (Lipinski definition) is 6. The minimum atomic E-state index is -1.41. The summed E-state index contributed by atoms with van der Waals surface area (Å²) >= 11 is 0. The second kappa shape index (κ2) is 5.42. The number of hydrogen-bond donors (Lipinski definition) is 3. The topological polar surface area (TPSA) is 128 Å². The summed E-state index contributed by atoms with van der Waals surface area (Å²) in [5.74, 6) is 0. The fourth-order valence-corrected chi connectivity index (χ4v) is 2.20. The number of aliphatic hydroxyl groups is 2. The Morgan fingerprint density at radius 1 is 1.65 bits per heavy atom. The lowest BCUT2D eigenvalue weighted by atomic mass is 10.1. The Kier molecular flexibility index (Phi) is 3.85. The van der Waals surface area contributed by atoms with Crippen molar-refractivity contribution >= 4 is 0 Å². The van der Waals surface area contributed by atoms with Crippen molar-refractivity contribution < 1.29 is 14.9 Å². The van der Waals surface area contributed by atoms with Gasteiger partial charge in [-0.15, -0.1) is 0 Å². The zero-order valence-electron chi connectivity index (χ0n) is 10.4. The van der Waals surface area contributed by atoms with Crippen LogP contribution in [0.4, 0.5) is 0 Å². The third-order valence-corrected chi connectivity index (χ3v) is 3.12. The summed E-state index contributed by atoms with van der Waals surface area (Å²) in [7, 11) is 0. The van der Waals surface area contributed by atoms with E-state index in [0.29, 0.717) is 0 Å². The first kappa shape index (κ1) is 14.2. The Balaban J connectivity index is 2.54. The zero-order valence-corrected chi connectivity index (χ0v) is 10.4. The number of aliphatic hydroxyl groups excluding tert-OH is 2. The molecule has 1 aromatic heterocycles. The van der Waals surface area contributed by atoms with Crippen molar-refractivity contribution in [1.82, 2.24) is 9.55 Å². The molecule has 0 aliphatic carbocycles. The van der Waals surface area contributed by atoms with Crippen LogP contribution in [-0.4, -0.2) is 38.6 Å². The predicted molar refractivity (Wildman–Crippen MR) is 66.6 cm³/mol. The minimum Gasteiger partial charge on any atom is -0.394 e. The highest BCUT2D eigenvalue weighted by atomic mass is 16.6. The molecule has 0 saturated carbocycles. The quantitative estimate of drug-likeness (QED) is 0.572. The standard InChI is InChI=1S/C12H13N3O5/c13-4-1-3-12(6-8(17)9(7-16)20-12)15-5-2-10(18)14-11(15)19/h1-3,5,8-9,16-17H,6-7H2,(H,14,18,19)/t8-,9+,12+/m0/s1. The number of nitrogens with one attached hydrogen (secondary N) is 1. The van der Waals surface area contributed by atoms with E-state index in [1.165, 1.54) is 12.3 Å². The first-order valence-corrected chi connectivity index (χ1v) is 5.89. The van der Waals surface area contributed by atoms with Gasteiger partial charge in [0, 0.05) is 24.8 Å². The molecule has 8 nitrogen and oxygen atoms in total. The first-order chi connectivity index (χ1) is 9.52. The van der Waals surface area contributed by atoms with E-state index in [2.05, 4.69) is 4.98 Å². The van der Waals surface area contributed by atoms with Gasteiger partial charge in [0.15, 0.2) is 5.72 Å². The van der Waals surface area contributed by atoms with Crippen LogP contribution in [0.5, 0.6) is 0 Å². The van der Waals surface area contributed by atoms with Crippen molar-refractivity contribution in [3.8, 4) is 6.07 Å². The van der Waals surface area contributed by atoms with E-state index in [9.17, 15) is 14.7 Å². The third kappa shape index (κ3) is 2.42. The average Bonchev–Trinajstić information content (AvgIpc) is 2.73. The fourth-order valence-electron chi connectivity index (χ4n) is 2.20. The molecule has 0 amide bonds. The largest absolute Gasteiger partial charge is 0.394 e. The summed E-state index contributed by atoms with van der Waals surface area (Å²) in [6.07, 6.45) is 1.74. The Morgan fingerprint density at radius 2 is 2.40 bits per heavy atom. The summed E-state index contributed by atoms with van der Waals surface area (Å²) in [6, 6.07) is 2.91. The van der Waals surface area contributed by atoms with Crippen molar-refractivity contribution in [1.29, 1.82) is 5.26 Å². The van der Waals surface area contributed by atoms with Gasteiger partial charge < -0.3 is 14.9 Å². The molecule has 2 rings (SSSR count). The summed E-state index contributed by atoms with van der Waals surface area (Å²) < 4.78 is 6.59. The second-order valence-electron chi connectivity index (χ2n) is 4.40. The van der Waals surface area contributed by atoms with Crippen LogP contribution in [-0.2, 0) is 10.5 Å². The number of rotatable bonds is 3. The van der Waals surface area contributed by atoms with Gasteiger partial charge >= 0.3 is 5.69 Å². The van der Waals surface area contributed by atoms with Crippen LogP contribution in [0.15, 0.2) is 34.0 Å². The van der Waals surface area contributed by atoms with Crippen molar-refractivity contribution in [2.24, 2.45) is 0 Å². The average molecular weight is 279 g/mol. The first-order valence-electron chi connectivity index (χ1n) is 5.89. The molecule has 106 valence electrons. The van der Waals surface area contributed by atoms with Gasteiger partial charge in [0.2, 0.25) is 0 Å². The maximum absolute atomic E-state index is 11.9. The lowest BCUT2D eigenvalue weighted by Crippen LogP contribution is -2.43. The van der Waals surface area contributed by atoms with Crippen molar-refractivity contribution in [2.45, 2.75) is 24.4 Å². The summed E-state index contributed by atoms with van der Waals surface area (Å²) in [4.78, 5) is 25.0. The number of nitriles is 1. The number of H-pyrrole nitrogens is 1. The lowest BCUT2D eigenvalue weighted by molar-refractivity contribution is -0.0893. The van der Waals surface area contributed by atoms with Gasteiger partial charge in [-0.25, -0.2) is 4.79 Å². The molecule has 1 fully saturated rings. The number of nitrogens with zero attached hydrogens (tertiary/aromatic N) is 2. The SMILES string of the molecule is N#CC=C[C@]1(n2ccc(=O)[nH]c2=O)C[C@H](O)[C@@H](CO)O1. The number of allylic oxidation sites excluding steroid dienone is 1. The van der Waals surface area contributed by atoms with E-state index in [1.807, 2.05) is 0 Å². The molecular formula is C12H13N3O5. The van der Waals surface area contributed by atoms with Crippen LogP contribution in [0.3, 0.4) is 0 Å². The monoisotopic (exact) mass is 279 g/mol. The van der Waals surface area contributed by atoms with E-state index in [0.717, 1.165) is 16.7 Å². The minimum absolute atomic E-state index is 0.0254. The van der Waals surface area contributed by atoms with E-state index in [-0.39, 0.29) is 6.42 Å². The molecule has 0 unspecified atom stereocenters. The Hall–Kier alpha value is -2.21. The lowest BCUT2D eigenvalue weighted by Gasteiger charge is -2.27. The Labute approximate surface area is 113 Å². The molecule has 1 aromatic rings. The molecule has 0 radical (unpaired) electrons. The van der Waals surface area contributed by atoms with Crippen LogP contribution in [0.2, 0.25) is 0 Å². The predicted octanol–water partition coefficient (Wildman–Crippen LogP) is -1.59. The van der Waals surface area contributed by atoms with Crippen molar-refractivity contribution in [3.63, 3.8) is 0 Å². The Bertz CT molecular complexity index is 671. The maximum atomic E-state index is 11.9. The molecule has 3 N–H and O–H groups in total. The summed E-state index contributed by atoms with van der Waals surface area (Å²) in [5.41, 5.74) is -2.71. The molecule has 0 bridgehead atoms. The smallest absolute Gasteiger partial charge is 0.330 e. The molecule has 8 heteroatoms. The molecule has 2 heterocycles. The van der Waals surface area contributed by atoms with Crippen LogP contribution in [0.1, 0.15) is 6.42 Å². The zero-order chi connectivity index (χ0) is 14.8. The van der Waals surface area contributed by atoms with Gasteiger partial charge in [0.25, 0.3) is 5.56 Å². The van der Waals surface area contributed by atoms with Crippen molar-refractivity contribution in [2.75, 3.05) is 6.61 Å². The van der Waals surface area contributed by atoms with E-state index in [1.54, 1.807) is 6.07 Å². The number of aromatic amines is 1. The molecule has 20 heavy (non-hydrogen) atoms. The van der Waals surface area contributed by atoms with Crippen molar-refractivity contribution in [3.05, 3.63) is 45.3 Å². The number of aromatic nitrogens is 2. The number of ether oxygens (including phenoxy) is 1. The normalized spacial score (nSPS) is 29.6. The van der Waals surface area contributed by atoms with E-state index < -0.39 is 35.8 Å².